The van der Waals surface area contributed by atoms with Crippen LogP contribution in [0.5, 0.6) is 0 Å². The maximum absolute atomic E-state index is 4.38. The standard InChI is InChI=1S/C11H21N3/c1-4-14-8-7-13-11(14)9-10(2)5-6-12-3/h7-8,10,12H,4-6,9H2,1-3H3. The van der Waals surface area contributed by atoms with Crippen molar-refractivity contribution in [2.24, 2.45) is 5.92 Å². The third kappa shape index (κ3) is 3.14. The molecule has 1 N–H and O–H groups in total. The highest BCUT2D eigenvalue weighted by atomic mass is 15.0. The van der Waals surface area contributed by atoms with Gasteiger partial charge in [0.2, 0.25) is 0 Å². The summed E-state index contributed by atoms with van der Waals surface area (Å²) in [6, 6.07) is 0. The Bertz CT molecular complexity index is 255. The number of nitrogens with zero attached hydrogens (tertiary/aromatic N) is 2. The summed E-state index contributed by atoms with van der Waals surface area (Å²) in [6.45, 7) is 6.55. The number of aromatic nitrogens is 2. The zero-order valence-corrected chi connectivity index (χ0v) is 9.45. The van der Waals surface area contributed by atoms with Crippen LogP contribution in [-0.2, 0) is 13.0 Å². The monoisotopic (exact) mass is 195 g/mol. The molecule has 80 valence electrons. The van der Waals surface area contributed by atoms with E-state index in [1.54, 1.807) is 0 Å². The molecule has 3 nitrogen and oxygen atoms in total. The SMILES string of the molecule is CCn1ccnc1CC(C)CCNC. The molecule has 0 fully saturated rings. The summed E-state index contributed by atoms with van der Waals surface area (Å²) in [5.74, 6) is 1.92. The van der Waals surface area contributed by atoms with Gasteiger partial charge in [0.1, 0.15) is 5.82 Å². The fourth-order valence-corrected chi connectivity index (χ4v) is 1.62. The molecular weight excluding hydrogens is 174 g/mol. The number of hydrogen-bond acceptors (Lipinski definition) is 2. The van der Waals surface area contributed by atoms with E-state index in [9.17, 15) is 0 Å². The molecule has 1 rings (SSSR count). The highest BCUT2D eigenvalue weighted by molar-refractivity contribution is 4.93. The molecule has 1 aromatic heterocycles. The van der Waals surface area contributed by atoms with Crippen LogP contribution in [0.3, 0.4) is 0 Å². The van der Waals surface area contributed by atoms with Gasteiger partial charge in [-0.1, -0.05) is 6.92 Å². The number of imidazole rings is 1. The van der Waals surface area contributed by atoms with Gasteiger partial charge in [-0.2, -0.15) is 0 Å². The highest BCUT2D eigenvalue weighted by Gasteiger charge is 2.07. The minimum absolute atomic E-state index is 0.704. The van der Waals surface area contributed by atoms with Gasteiger partial charge < -0.3 is 9.88 Å². The van der Waals surface area contributed by atoms with Crippen molar-refractivity contribution >= 4 is 0 Å². The smallest absolute Gasteiger partial charge is 0.108 e. The van der Waals surface area contributed by atoms with Crippen molar-refractivity contribution in [2.75, 3.05) is 13.6 Å². The summed E-state index contributed by atoms with van der Waals surface area (Å²) in [7, 11) is 2.00. The predicted molar refractivity (Wildman–Crippen MR) is 59.3 cm³/mol. The summed E-state index contributed by atoms with van der Waals surface area (Å²) in [6.07, 6.45) is 6.25. The molecule has 0 saturated carbocycles. The van der Waals surface area contributed by atoms with Crippen molar-refractivity contribution in [3.63, 3.8) is 0 Å². The van der Waals surface area contributed by atoms with Crippen LogP contribution in [0.1, 0.15) is 26.1 Å². The van der Waals surface area contributed by atoms with Crippen LogP contribution in [-0.4, -0.2) is 23.1 Å². The molecule has 0 amide bonds. The van der Waals surface area contributed by atoms with Crippen LogP contribution < -0.4 is 5.32 Å². The maximum Gasteiger partial charge on any atom is 0.108 e. The third-order valence-corrected chi connectivity index (χ3v) is 2.56. The van der Waals surface area contributed by atoms with Crippen molar-refractivity contribution in [1.29, 1.82) is 0 Å². The molecule has 0 aromatic carbocycles. The summed E-state index contributed by atoms with van der Waals surface area (Å²) >= 11 is 0. The molecule has 0 aliphatic carbocycles. The molecule has 0 radical (unpaired) electrons. The Morgan fingerprint density at radius 2 is 2.36 bits per heavy atom. The van der Waals surface area contributed by atoms with E-state index in [-0.39, 0.29) is 0 Å². The van der Waals surface area contributed by atoms with Gasteiger partial charge in [0, 0.05) is 25.4 Å². The summed E-state index contributed by atoms with van der Waals surface area (Å²) in [4.78, 5) is 4.38. The molecule has 1 aromatic rings. The fourth-order valence-electron chi connectivity index (χ4n) is 1.62. The molecule has 1 unspecified atom stereocenters. The van der Waals surface area contributed by atoms with E-state index in [4.69, 9.17) is 0 Å². The van der Waals surface area contributed by atoms with Gasteiger partial charge in [0.05, 0.1) is 0 Å². The quantitative estimate of drug-likeness (QED) is 0.748. The summed E-state index contributed by atoms with van der Waals surface area (Å²) < 4.78 is 2.22. The van der Waals surface area contributed by atoms with E-state index in [2.05, 4.69) is 34.9 Å². The molecule has 0 saturated heterocycles. The highest BCUT2D eigenvalue weighted by Crippen LogP contribution is 2.09. The lowest BCUT2D eigenvalue weighted by Crippen LogP contribution is -2.14. The first kappa shape index (κ1) is 11.2. The average molecular weight is 195 g/mol. The van der Waals surface area contributed by atoms with E-state index in [0.717, 1.165) is 19.5 Å². The lowest BCUT2D eigenvalue weighted by molar-refractivity contribution is 0.491. The molecule has 14 heavy (non-hydrogen) atoms. The van der Waals surface area contributed by atoms with Gasteiger partial charge in [-0.3, -0.25) is 0 Å². The second-order valence-corrected chi connectivity index (χ2v) is 3.83. The number of rotatable bonds is 6. The molecule has 0 aliphatic heterocycles. The van der Waals surface area contributed by atoms with E-state index in [1.807, 2.05) is 13.2 Å². The van der Waals surface area contributed by atoms with Gasteiger partial charge in [0.25, 0.3) is 0 Å². The molecule has 0 aliphatic rings. The maximum atomic E-state index is 4.38. The van der Waals surface area contributed by atoms with Crippen molar-refractivity contribution in [2.45, 2.75) is 33.2 Å². The largest absolute Gasteiger partial charge is 0.335 e. The minimum Gasteiger partial charge on any atom is -0.335 e. The van der Waals surface area contributed by atoms with Crippen LogP contribution in [0.15, 0.2) is 12.4 Å². The minimum atomic E-state index is 0.704. The number of aryl methyl sites for hydroxylation is 1. The Labute approximate surface area is 86.5 Å². The van der Waals surface area contributed by atoms with Crippen LogP contribution in [0.4, 0.5) is 0 Å². The van der Waals surface area contributed by atoms with Crippen molar-refractivity contribution < 1.29 is 0 Å². The van der Waals surface area contributed by atoms with Gasteiger partial charge in [-0.15, -0.1) is 0 Å². The Morgan fingerprint density at radius 3 is 3.00 bits per heavy atom. The van der Waals surface area contributed by atoms with Crippen LogP contribution >= 0.6 is 0 Å². The lowest BCUT2D eigenvalue weighted by Gasteiger charge is -2.11. The van der Waals surface area contributed by atoms with Crippen molar-refractivity contribution in [3.8, 4) is 0 Å². The Morgan fingerprint density at radius 1 is 1.57 bits per heavy atom. The molecule has 1 heterocycles. The first-order valence-corrected chi connectivity index (χ1v) is 5.42. The first-order valence-electron chi connectivity index (χ1n) is 5.42. The second kappa shape index (κ2) is 5.81. The van der Waals surface area contributed by atoms with Crippen LogP contribution in [0.25, 0.3) is 0 Å². The predicted octanol–water partition coefficient (Wildman–Crippen LogP) is 1.69. The van der Waals surface area contributed by atoms with Gasteiger partial charge in [0.15, 0.2) is 0 Å². The lowest BCUT2D eigenvalue weighted by atomic mass is 10.0. The van der Waals surface area contributed by atoms with Crippen molar-refractivity contribution in [3.05, 3.63) is 18.2 Å². The number of nitrogens with one attached hydrogen (secondary N) is 1. The van der Waals surface area contributed by atoms with E-state index in [0.29, 0.717) is 5.92 Å². The Balaban J connectivity index is 2.42. The molecule has 3 heteroatoms. The molecule has 0 bridgehead atoms. The van der Waals surface area contributed by atoms with Crippen LogP contribution in [0, 0.1) is 5.92 Å². The fraction of sp³-hybridized carbons (Fsp3) is 0.727. The zero-order chi connectivity index (χ0) is 10.4. The molecule has 1 atom stereocenters. The second-order valence-electron chi connectivity index (χ2n) is 3.83. The summed E-state index contributed by atoms with van der Waals surface area (Å²) in [5, 5.41) is 3.18. The van der Waals surface area contributed by atoms with Crippen molar-refractivity contribution in [1.82, 2.24) is 14.9 Å². The van der Waals surface area contributed by atoms with E-state index < -0.39 is 0 Å². The Hall–Kier alpha value is -0.830. The van der Waals surface area contributed by atoms with Gasteiger partial charge in [-0.05, 0) is 32.9 Å². The Kier molecular flexibility index (Phi) is 4.66. The zero-order valence-electron chi connectivity index (χ0n) is 9.45. The van der Waals surface area contributed by atoms with Gasteiger partial charge >= 0.3 is 0 Å². The molecule has 0 spiro atoms. The average Bonchev–Trinajstić information content (AvgIpc) is 2.62. The third-order valence-electron chi connectivity index (χ3n) is 2.56. The topological polar surface area (TPSA) is 29.9 Å². The first-order chi connectivity index (χ1) is 6.77. The van der Waals surface area contributed by atoms with E-state index >= 15 is 0 Å². The number of hydrogen-bond donors (Lipinski definition) is 1. The van der Waals surface area contributed by atoms with Gasteiger partial charge in [-0.25, -0.2) is 4.98 Å². The van der Waals surface area contributed by atoms with Crippen LogP contribution in [0.2, 0.25) is 0 Å². The normalized spacial score (nSPS) is 13.1. The molecular formula is C11H21N3. The van der Waals surface area contributed by atoms with E-state index in [1.165, 1.54) is 12.2 Å². The summed E-state index contributed by atoms with van der Waals surface area (Å²) in [5.41, 5.74) is 0.